The van der Waals surface area contributed by atoms with E-state index in [9.17, 15) is 9.18 Å². The van der Waals surface area contributed by atoms with E-state index in [4.69, 9.17) is 16.7 Å². The van der Waals surface area contributed by atoms with Crippen molar-refractivity contribution in [2.75, 3.05) is 0 Å². The second-order valence-electron chi connectivity index (χ2n) is 3.54. The topological polar surface area (TPSA) is 62.2 Å². The number of rotatable bonds is 2. The molecule has 0 spiro atoms. The smallest absolute Gasteiger partial charge is 0.405 e. The van der Waals surface area contributed by atoms with Crippen LogP contribution in [0.2, 0.25) is 5.02 Å². The molecule has 0 saturated carbocycles. The summed E-state index contributed by atoms with van der Waals surface area (Å²) in [5, 5.41) is 10.9. The quantitative estimate of drug-likeness (QED) is 0.823. The van der Waals surface area contributed by atoms with Crippen LogP contribution in [-0.2, 0) is 5.54 Å². The Bertz CT molecular complexity index is 396. The maximum atomic E-state index is 13.4. The Hall–Kier alpha value is -1.36. The number of carboxylic acid groups (broad SMARTS) is 1. The fourth-order valence-corrected chi connectivity index (χ4v) is 1.35. The van der Waals surface area contributed by atoms with E-state index in [0.717, 1.165) is 6.07 Å². The highest BCUT2D eigenvalue weighted by molar-refractivity contribution is 6.30. The number of hydrogen-bond donors (Lipinski definition) is 2. The Labute approximate surface area is 91.1 Å². The summed E-state index contributed by atoms with van der Waals surface area (Å²) < 4.78 is 13.4. The van der Waals surface area contributed by atoms with Crippen LogP contribution in [-0.4, -0.2) is 16.2 Å². The first kappa shape index (κ1) is 11.7. The van der Waals surface area contributed by atoms with Crippen LogP contribution < -0.4 is 5.32 Å². The average Bonchev–Trinajstić information content (AvgIpc) is 1.99. The first-order valence-electron chi connectivity index (χ1n) is 4.15. The minimum absolute atomic E-state index is 0.00861. The molecule has 1 heterocycles. The van der Waals surface area contributed by atoms with Crippen LogP contribution >= 0.6 is 11.6 Å². The number of amides is 1. The summed E-state index contributed by atoms with van der Waals surface area (Å²) in [5.74, 6) is -0.638. The molecule has 0 bridgehead atoms. The van der Waals surface area contributed by atoms with Gasteiger partial charge in [0.15, 0.2) is 0 Å². The predicted octanol–water partition coefficient (Wildman–Crippen LogP) is 2.38. The Morgan fingerprint density at radius 1 is 1.67 bits per heavy atom. The number of pyridine rings is 1. The van der Waals surface area contributed by atoms with Crippen molar-refractivity contribution in [3.05, 3.63) is 28.8 Å². The number of aromatic nitrogens is 1. The van der Waals surface area contributed by atoms with Gasteiger partial charge in [-0.2, -0.15) is 0 Å². The lowest BCUT2D eigenvalue weighted by Gasteiger charge is -2.24. The van der Waals surface area contributed by atoms with Crippen molar-refractivity contribution in [3.8, 4) is 0 Å². The molecule has 0 aliphatic heterocycles. The van der Waals surface area contributed by atoms with Gasteiger partial charge < -0.3 is 10.4 Å². The van der Waals surface area contributed by atoms with Crippen molar-refractivity contribution in [3.63, 3.8) is 0 Å². The molecular formula is C9H10ClFN2O2. The Balaban J connectivity index is 3.09. The van der Waals surface area contributed by atoms with Crippen LogP contribution in [0.15, 0.2) is 12.3 Å². The maximum Gasteiger partial charge on any atom is 0.405 e. The highest BCUT2D eigenvalue weighted by atomic mass is 35.5. The number of nitrogens with one attached hydrogen (secondary N) is 1. The third-order valence-corrected chi connectivity index (χ3v) is 2.03. The molecule has 0 fully saturated rings. The van der Waals surface area contributed by atoms with E-state index in [0.29, 0.717) is 0 Å². The highest BCUT2D eigenvalue weighted by Crippen LogP contribution is 2.22. The predicted molar refractivity (Wildman–Crippen MR) is 53.4 cm³/mol. The van der Waals surface area contributed by atoms with Crippen molar-refractivity contribution in [2.45, 2.75) is 19.4 Å². The van der Waals surface area contributed by atoms with E-state index >= 15 is 0 Å². The van der Waals surface area contributed by atoms with Gasteiger partial charge >= 0.3 is 6.09 Å². The fourth-order valence-electron chi connectivity index (χ4n) is 1.20. The molecule has 0 aliphatic carbocycles. The molecule has 2 N–H and O–H groups in total. The summed E-state index contributed by atoms with van der Waals surface area (Å²) in [6.45, 7) is 3.03. The second kappa shape index (κ2) is 4.02. The first-order valence-corrected chi connectivity index (χ1v) is 4.53. The molecule has 0 aliphatic rings. The van der Waals surface area contributed by atoms with Crippen LogP contribution in [0, 0.1) is 5.82 Å². The van der Waals surface area contributed by atoms with Gasteiger partial charge in [0.2, 0.25) is 0 Å². The van der Waals surface area contributed by atoms with Crippen LogP contribution in [0.5, 0.6) is 0 Å². The average molecular weight is 233 g/mol. The molecule has 1 aromatic heterocycles. The molecule has 1 amide bonds. The molecule has 15 heavy (non-hydrogen) atoms. The zero-order valence-electron chi connectivity index (χ0n) is 8.21. The van der Waals surface area contributed by atoms with Crippen molar-refractivity contribution in [1.29, 1.82) is 0 Å². The van der Waals surface area contributed by atoms with Gasteiger partial charge in [-0.25, -0.2) is 9.18 Å². The summed E-state index contributed by atoms with van der Waals surface area (Å²) in [6.07, 6.45) is 0.0294. The Morgan fingerprint density at radius 3 is 2.73 bits per heavy atom. The standard InChI is InChI=1S/C9H10ClFN2O2/c1-9(2,13-8(14)15)7-6(11)3-5(10)4-12-7/h3-4,13H,1-2H3,(H,14,15). The summed E-state index contributed by atoms with van der Waals surface area (Å²) in [7, 11) is 0. The third-order valence-electron chi connectivity index (χ3n) is 1.82. The molecule has 0 saturated heterocycles. The zero-order valence-corrected chi connectivity index (χ0v) is 8.97. The number of hydrogen-bond acceptors (Lipinski definition) is 2. The summed E-state index contributed by atoms with van der Waals surface area (Å²) in [6, 6.07) is 1.09. The van der Waals surface area contributed by atoms with Crippen LogP contribution in [0.25, 0.3) is 0 Å². The second-order valence-corrected chi connectivity index (χ2v) is 3.98. The van der Waals surface area contributed by atoms with E-state index in [1.54, 1.807) is 0 Å². The minimum atomic E-state index is -1.24. The van der Waals surface area contributed by atoms with E-state index in [1.807, 2.05) is 0 Å². The van der Waals surface area contributed by atoms with Crippen LogP contribution in [0.3, 0.4) is 0 Å². The van der Waals surface area contributed by atoms with Crippen LogP contribution in [0.4, 0.5) is 9.18 Å². The molecule has 0 radical (unpaired) electrons. The van der Waals surface area contributed by atoms with Gasteiger partial charge in [0.25, 0.3) is 0 Å². The maximum absolute atomic E-state index is 13.4. The highest BCUT2D eigenvalue weighted by Gasteiger charge is 2.27. The van der Waals surface area contributed by atoms with Gasteiger partial charge in [-0.05, 0) is 19.9 Å². The number of halogens is 2. The van der Waals surface area contributed by atoms with Crippen molar-refractivity contribution in [2.24, 2.45) is 0 Å². The Kier molecular flexibility index (Phi) is 3.14. The molecule has 0 aromatic carbocycles. The lowest BCUT2D eigenvalue weighted by molar-refractivity contribution is 0.181. The zero-order chi connectivity index (χ0) is 11.6. The van der Waals surface area contributed by atoms with Crippen molar-refractivity contribution < 1.29 is 14.3 Å². The molecule has 82 valence electrons. The summed E-state index contributed by atoms with van der Waals surface area (Å²) in [5.41, 5.74) is -1.09. The number of carbonyl (C=O) groups is 1. The molecule has 6 heteroatoms. The van der Waals surface area contributed by atoms with Gasteiger partial charge in [-0.1, -0.05) is 11.6 Å². The van der Waals surface area contributed by atoms with Gasteiger partial charge in [-0.3, -0.25) is 4.98 Å². The number of nitrogens with zero attached hydrogens (tertiary/aromatic N) is 1. The van der Waals surface area contributed by atoms with Gasteiger partial charge in [-0.15, -0.1) is 0 Å². The van der Waals surface area contributed by atoms with E-state index in [1.165, 1.54) is 20.0 Å². The molecular weight excluding hydrogens is 223 g/mol. The molecule has 4 nitrogen and oxygen atoms in total. The molecule has 1 aromatic rings. The van der Waals surface area contributed by atoms with Crippen molar-refractivity contribution >= 4 is 17.7 Å². The lowest BCUT2D eigenvalue weighted by Crippen LogP contribution is -2.41. The van der Waals surface area contributed by atoms with E-state index in [-0.39, 0.29) is 10.7 Å². The van der Waals surface area contributed by atoms with E-state index < -0.39 is 17.4 Å². The summed E-state index contributed by atoms with van der Waals surface area (Å²) in [4.78, 5) is 14.2. The van der Waals surface area contributed by atoms with Gasteiger partial charge in [0.05, 0.1) is 10.6 Å². The van der Waals surface area contributed by atoms with Crippen molar-refractivity contribution in [1.82, 2.24) is 10.3 Å². The monoisotopic (exact) mass is 232 g/mol. The normalized spacial score (nSPS) is 11.2. The fraction of sp³-hybridized carbons (Fsp3) is 0.333. The minimum Gasteiger partial charge on any atom is -0.465 e. The first-order chi connectivity index (χ1) is 6.83. The van der Waals surface area contributed by atoms with Gasteiger partial charge in [0, 0.05) is 6.20 Å². The molecule has 1 rings (SSSR count). The third kappa shape index (κ3) is 2.79. The Morgan fingerprint density at radius 2 is 2.27 bits per heavy atom. The molecule has 0 atom stereocenters. The summed E-state index contributed by atoms with van der Waals surface area (Å²) >= 11 is 5.53. The lowest BCUT2D eigenvalue weighted by atomic mass is 10.00. The van der Waals surface area contributed by atoms with Crippen LogP contribution in [0.1, 0.15) is 19.5 Å². The van der Waals surface area contributed by atoms with E-state index in [2.05, 4.69) is 10.3 Å². The SMILES string of the molecule is CC(C)(NC(=O)O)c1ncc(Cl)cc1F. The molecule has 0 unspecified atom stereocenters. The largest absolute Gasteiger partial charge is 0.465 e. The van der Waals surface area contributed by atoms with Gasteiger partial charge in [0.1, 0.15) is 11.5 Å².